The zero-order chi connectivity index (χ0) is 23.1. The molecule has 0 bridgehead atoms. The van der Waals surface area contributed by atoms with E-state index in [9.17, 15) is 4.79 Å². The molecular formula is C26H44O3. The Morgan fingerprint density at radius 3 is 1.59 bits per heavy atom. The van der Waals surface area contributed by atoms with Crippen molar-refractivity contribution >= 4 is 5.97 Å². The quantitative estimate of drug-likeness (QED) is 0.475. The maximum absolute atomic E-state index is 11.1. The fourth-order valence-electron chi connectivity index (χ4n) is 2.65. The third kappa shape index (κ3) is 14.5. The first-order valence-electron chi connectivity index (χ1n) is 11.0. The van der Waals surface area contributed by atoms with Crippen LogP contribution in [-0.2, 0) is 12.8 Å². The fourth-order valence-corrected chi connectivity index (χ4v) is 2.65. The van der Waals surface area contributed by atoms with Crippen LogP contribution in [0.15, 0.2) is 48.5 Å². The van der Waals surface area contributed by atoms with Crippen molar-refractivity contribution < 1.29 is 15.0 Å². The van der Waals surface area contributed by atoms with Gasteiger partial charge in [-0.3, -0.25) is 0 Å². The van der Waals surface area contributed by atoms with Crippen LogP contribution in [0.3, 0.4) is 0 Å². The molecule has 0 atom stereocenters. The van der Waals surface area contributed by atoms with Crippen LogP contribution in [-0.4, -0.2) is 23.3 Å². The lowest BCUT2D eigenvalue weighted by molar-refractivity contribution is 0.0695. The molecule has 2 rings (SSSR count). The molecule has 0 aromatic heterocycles. The number of carbonyl (C=O) groups is 1. The molecule has 166 valence electrons. The smallest absolute Gasteiger partial charge is 0.335 e. The summed E-state index contributed by atoms with van der Waals surface area (Å²) in [7, 11) is 1.00. The van der Waals surface area contributed by atoms with Gasteiger partial charge in [0.15, 0.2) is 0 Å². The van der Waals surface area contributed by atoms with Crippen molar-refractivity contribution in [3.8, 4) is 0 Å². The van der Waals surface area contributed by atoms with Crippen LogP contribution in [0.25, 0.3) is 0 Å². The molecule has 0 fully saturated rings. The maximum Gasteiger partial charge on any atom is 0.335 e. The summed E-state index contributed by atoms with van der Waals surface area (Å²) in [6.45, 7) is 14.2. The lowest BCUT2D eigenvalue weighted by Crippen LogP contribution is -2.02. The average Bonchev–Trinajstić information content (AvgIpc) is 2.80. The Bertz CT molecular complexity index is 606. The molecule has 0 saturated heterocycles. The van der Waals surface area contributed by atoms with Gasteiger partial charge >= 0.3 is 5.97 Å². The summed E-state index contributed by atoms with van der Waals surface area (Å²) in [5.74, 6) is -0.828. The Labute approximate surface area is 179 Å². The van der Waals surface area contributed by atoms with E-state index in [1.165, 1.54) is 11.1 Å². The molecule has 2 N–H and O–H groups in total. The standard InChI is InChI=1S/C19H22O2.3C2H6.CH4O/c1-15-9-5-6-11-16(15)10-3-2-4-12-17-13-7-8-14-18(17)19(20)21;4*1-2/h5-9,11,13-14H,2-4,10,12H2,1H3,(H,20,21);3*1-2H3;2H,1H3. The van der Waals surface area contributed by atoms with Gasteiger partial charge in [-0.15, -0.1) is 0 Å². The van der Waals surface area contributed by atoms with Gasteiger partial charge in [-0.25, -0.2) is 4.79 Å². The topological polar surface area (TPSA) is 57.5 Å². The number of aryl methyl sites for hydroxylation is 3. The van der Waals surface area contributed by atoms with Crippen LogP contribution in [0.5, 0.6) is 0 Å². The summed E-state index contributed by atoms with van der Waals surface area (Å²) < 4.78 is 0. The first-order chi connectivity index (χ1) is 14.2. The van der Waals surface area contributed by atoms with Gasteiger partial charge in [0.25, 0.3) is 0 Å². The number of benzene rings is 2. The summed E-state index contributed by atoms with van der Waals surface area (Å²) in [5.41, 5.74) is 4.16. The molecule has 0 amide bonds. The third-order valence-corrected chi connectivity index (χ3v) is 3.90. The van der Waals surface area contributed by atoms with Gasteiger partial charge in [0.2, 0.25) is 0 Å². The van der Waals surface area contributed by atoms with Gasteiger partial charge in [-0.1, -0.05) is 90.4 Å². The largest absolute Gasteiger partial charge is 0.478 e. The van der Waals surface area contributed by atoms with E-state index in [1.54, 1.807) is 12.1 Å². The highest BCUT2D eigenvalue weighted by molar-refractivity contribution is 5.89. The number of unbranched alkanes of at least 4 members (excludes halogenated alkanes) is 2. The van der Waals surface area contributed by atoms with Crippen LogP contribution >= 0.6 is 0 Å². The highest BCUT2D eigenvalue weighted by Gasteiger charge is 2.08. The molecule has 0 saturated carbocycles. The van der Waals surface area contributed by atoms with Gasteiger partial charge in [0.05, 0.1) is 5.56 Å². The number of aliphatic hydroxyl groups excluding tert-OH is 1. The first-order valence-corrected chi connectivity index (χ1v) is 11.0. The second-order valence-corrected chi connectivity index (χ2v) is 5.45. The average molecular weight is 405 g/mol. The van der Waals surface area contributed by atoms with Crippen LogP contribution < -0.4 is 0 Å². The van der Waals surface area contributed by atoms with E-state index in [1.807, 2.05) is 53.7 Å². The fraction of sp³-hybridized carbons (Fsp3) is 0.500. The molecule has 0 unspecified atom stereocenters. The number of hydrogen-bond acceptors (Lipinski definition) is 2. The Balaban J connectivity index is -0.000000754. The normalized spacial score (nSPS) is 8.45. The minimum absolute atomic E-state index is 0.441. The first kappa shape index (κ1) is 31.6. The van der Waals surface area contributed by atoms with E-state index < -0.39 is 5.97 Å². The van der Waals surface area contributed by atoms with E-state index in [4.69, 9.17) is 10.2 Å². The summed E-state index contributed by atoms with van der Waals surface area (Å²) in [5, 5.41) is 16.1. The predicted octanol–water partition coefficient (Wildman–Crippen LogP) is 7.34. The van der Waals surface area contributed by atoms with Crippen molar-refractivity contribution in [2.45, 2.75) is 80.6 Å². The van der Waals surface area contributed by atoms with Gasteiger partial charge in [0, 0.05) is 7.11 Å². The number of aromatic carboxylic acids is 1. The second kappa shape index (κ2) is 23.9. The van der Waals surface area contributed by atoms with E-state index in [0.29, 0.717) is 5.56 Å². The van der Waals surface area contributed by atoms with Gasteiger partial charge < -0.3 is 10.2 Å². The van der Waals surface area contributed by atoms with Crippen LogP contribution in [0.1, 0.15) is 87.9 Å². The highest BCUT2D eigenvalue weighted by Crippen LogP contribution is 2.15. The number of carboxylic acid groups (broad SMARTS) is 1. The zero-order valence-electron chi connectivity index (χ0n) is 20.0. The monoisotopic (exact) mass is 404 g/mol. The molecule has 0 aliphatic carbocycles. The minimum atomic E-state index is -0.828. The van der Waals surface area contributed by atoms with E-state index >= 15 is 0 Å². The molecule has 2 aromatic carbocycles. The molecule has 29 heavy (non-hydrogen) atoms. The number of rotatable bonds is 7. The summed E-state index contributed by atoms with van der Waals surface area (Å²) in [4.78, 5) is 11.1. The molecule has 2 aromatic rings. The maximum atomic E-state index is 11.1. The third-order valence-electron chi connectivity index (χ3n) is 3.90. The number of aliphatic hydroxyl groups is 1. The van der Waals surface area contributed by atoms with Crippen molar-refractivity contribution in [1.82, 2.24) is 0 Å². The highest BCUT2D eigenvalue weighted by atomic mass is 16.4. The molecule has 0 heterocycles. The summed E-state index contributed by atoms with van der Waals surface area (Å²) in [6.07, 6.45) is 5.27. The second-order valence-electron chi connectivity index (χ2n) is 5.45. The molecule has 0 aliphatic rings. The van der Waals surface area contributed by atoms with Crippen LogP contribution in [0.2, 0.25) is 0 Å². The van der Waals surface area contributed by atoms with Gasteiger partial charge in [-0.2, -0.15) is 0 Å². The molecule has 3 nitrogen and oxygen atoms in total. The Kier molecular flexibility index (Phi) is 26.0. The Morgan fingerprint density at radius 1 is 0.690 bits per heavy atom. The van der Waals surface area contributed by atoms with Gasteiger partial charge in [-0.05, 0) is 55.4 Å². The Morgan fingerprint density at radius 2 is 1.10 bits per heavy atom. The van der Waals surface area contributed by atoms with E-state index in [0.717, 1.165) is 44.8 Å². The molecule has 0 aliphatic heterocycles. The van der Waals surface area contributed by atoms with Crippen LogP contribution in [0.4, 0.5) is 0 Å². The van der Waals surface area contributed by atoms with Crippen LogP contribution in [0, 0.1) is 6.92 Å². The SMILES string of the molecule is CC.CC.CC.CO.Cc1ccccc1CCCCCc1ccccc1C(=O)O. The van der Waals surface area contributed by atoms with Crippen molar-refractivity contribution in [2.24, 2.45) is 0 Å². The lowest BCUT2D eigenvalue weighted by Gasteiger charge is -2.07. The molecule has 0 spiro atoms. The minimum Gasteiger partial charge on any atom is -0.478 e. The zero-order valence-corrected chi connectivity index (χ0v) is 20.0. The van der Waals surface area contributed by atoms with E-state index in [2.05, 4.69) is 31.2 Å². The van der Waals surface area contributed by atoms with Crippen molar-refractivity contribution in [1.29, 1.82) is 0 Å². The molecule has 0 radical (unpaired) electrons. The van der Waals surface area contributed by atoms with Crippen molar-refractivity contribution in [3.63, 3.8) is 0 Å². The lowest BCUT2D eigenvalue weighted by atomic mass is 9.99. The van der Waals surface area contributed by atoms with Crippen molar-refractivity contribution in [3.05, 3.63) is 70.8 Å². The van der Waals surface area contributed by atoms with Crippen molar-refractivity contribution in [2.75, 3.05) is 7.11 Å². The molecular weight excluding hydrogens is 360 g/mol. The number of hydrogen-bond donors (Lipinski definition) is 2. The van der Waals surface area contributed by atoms with Gasteiger partial charge in [0.1, 0.15) is 0 Å². The summed E-state index contributed by atoms with van der Waals surface area (Å²) >= 11 is 0. The predicted molar refractivity (Wildman–Crippen MR) is 128 cm³/mol. The summed E-state index contributed by atoms with van der Waals surface area (Å²) in [6, 6.07) is 15.8. The molecule has 3 heteroatoms. The van der Waals surface area contributed by atoms with E-state index in [-0.39, 0.29) is 0 Å². The number of carboxylic acids is 1. The Hall–Kier alpha value is -2.13.